The fourth-order valence-electron chi connectivity index (χ4n) is 1.35. The minimum absolute atomic E-state index is 0.151. The average Bonchev–Trinajstić information content (AvgIpc) is 2.17. The lowest BCUT2D eigenvalue weighted by molar-refractivity contribution is 0.101. The highest BCUT2D eigenvalue weighted by Gasteiger charge is 2.17. The van der Waals surface area contributed by atoms with Gasteiger partial charge >= 0.3 is 0 Å². The van der Waals surface area contributed by atoms with Crippen molar-refractivity contribution in [1.82, 2.24) is 0 Å². The van der Waals surface area contributed by atoms with Gasteiger partial charge in [-0.1, -0.05) is 6.92 Å². The minimum Gasteiger partial charge on any atom is -0.294 e. The fraction of sp³-hybridized carbons (Fsp3) is 0.364. The first kappa shape index (κ1) is 11.8. The predicted octanol–water partition coefficient (Wildman–Crippen LogP) is 3.53. The Kier molecular flexibility index (Phi) is 3.50. The van der Waals surface area contributed by atoms with Crippen molar-refractivity contribution in [3.63, 3.8) is 0 Å². The molecule has 1 aromatic rings. The molecule has 0 aliphatic rings. The van der Waals surface area contributed by atoms with Crippen LogP contribution < -0.4 is 0 Å². The third kappa shape index (κ3) is 2.37. The molecule has 15 heavy (non-hydrogen) atoms. The number of benzene rings is 1. The SMILES string of the molecule is CCc1cc(C(F)F)cc(C(C)=O)c1F. The van der Waals surface area contributed by atoms with E-state index in [9.17, 15) is 18.0 Å². The molecule has 0 atom stereocenters. The quantitative estimate of drug-likeness (QED) is 0.706. The largest absolute Gasteiger partial charge is 0.294 e. The van der Waals surface area contributed by atoms with E-state index in [0.29, 0.717) is 0 Å². The van der Waals surface area contributed by atoms with E-state index in [1.54, 1.807) is 6.92 Å². The molecular formula is C11H11F3O. The second-order valence-electron chi connectivity index (χ2n) is 3.25. The van der Waals surface area contributed by atoms with Gasteiger partial charge in [0.1, 0.15) is 5.82 Å². The Labute approximate surface area is 85.9 Å². The van der Waals surface area contributed by atoms with Crippen molar-refractivity contribution in [1.29, 1.82) is 0 Å². The first-order chi connectivity index (χ1) is 6.97. The van der Waals surface area contributed by atoms with Gasteiger partial charge in [-0.25, -0.2) is 13.2 Å². The number of halogens is 3. The number of alkyl halides is 2. The van der Waals surface area contributed by atoms with Gasteiger partial charge in [0.15, 0.2) is 5.78 Å². The number of aryl methyl sites for hydroxylation is 1. The Morgan fingerprint density at radius 3 is 2.40 bits per heavy atom. The standard InChI is InChI=1S/C11H11F3O/c1-3-7-4-8(11(13)14)5-9(6(2)15)10(7)12/h4-5,11H,3H2,1-2H3. The van der Waals surface area contributed by atoms with E-state index in [0.717, 1.165) is 19.1 Å². The van der Waals surface area contributed by atoms with Gasteiger partial charge in [-0.15, -0.1) is 0 Å². The summed E-state index contributed by atoms with van der Waals surface area (Å²) in [6, 6.07) is 2.02. The Bertz CT molecular complexity index is 386. The molecule has 0 heterocycles. The summed E-state index contributed by atoms with van der Waals surface area (Å²) < 4.78 is 38.4. The maximum atomic E-state index is 13.5. The van der Waals surface area contributed by atoms with Gasteiger partial charge in [0, 0.05) is 5.56 Å². The van der Waals surface area contributed by atoms with Crippen molar-refractivity contribution < 1.29 is 18.0 Å². The molecule has 1 nitrogen and oxygen atoms in total. The van der Waals surface area contributed by atoms with Gasteiger partial charge in [-0.3, -0.25) is 4.79 Å². The molecule has 0 amide bonds. The normalized spacial score (nSPS) is 10.8. The lowest BCUT2D eigenvalue weighted by atomic mass is 10.0. The van der Waals surface area contributed by atoms with Gasteiger partial charge in [0.25, 0.3) is 6.43 Å². The van der Waals surface area contributed by atoms with Gasteiger partial charge in [-0.2, -0.15) is 0 Å². The molecule has 1 rings (SSSR count). The van der Waals surface area contributed by atoms with Crippen molar-refractivity contribution in [2.75, 3.05) is 0 Å². The van der Waals surface area contributed by atoms with E-state index in [1.807, 2.05) is 0 Å². The molecular weight excluding hydrogens is 205 g/mol. The Hall–Kier alpha value is -1.32. The summed E-state index contributed by atoms with van der Waals surface area (Å²) in [5, 5.41) is 0. The smallest absolute Gasteiger partial charge is 0.263 e. The van der Waals surface area contributed by atoms with Crippen LogP contribution in [0.1, 0.15) is 41.8 Å². The van der Waals surface area contributed by atoms with E-state index >= 15 is 0 Å². The van der Waals surface area contributed by atoms with Crippen molar-refractivity contribution in [3.8, 4) is 0 Å². The summed E-state index contributed by atoms with van der Waals surface area (Å²) in [5.41, 5.74) is -0.416. The Balaban J connectivity index is 3.38. The predicted molar refractivity (Wildman–Crippen MR) is 50.7 cm³/mol. The number of carbonyl (C=O) groups excluding carboxylic acids is 1. The van der Waals surface area contributed by atoms with Crippen LogP contribution in [-0.2, 0) is 6.42 Å². The van der Waals surface area contributed by atoms with Gasteiger partial charge in [0.2, 0.25) is 0 Å². The van der Waals surface area contributed by atoms with Crippen LogP contribution in [0.5, 0.6) is 0 Å². The van der Waals surface area contributed by atoms with Gasteiger partial charge in [0.05, 0.1) is 5.56 Å². The van der Waals surface area contributed by atoms with E-state index < -0.39 is 18.0 Å². The lowest BCUT2D eigenvalue weighted by Crippen LogP contribution is -2.03. The van der Waals surface area contributed by atoms with Crippen LogP contribution in [0.3, 0.4) is 0 Å². The zero-order chi connectivity index (χ0) is 11.6. The molecule has 0 aromatic heterocycles. The maximum Gasteiger partial charge on any atom is 0.263 e. The van der Waals surface area contributed by atoms with Crippen molar-refractivity contribution in [3.05, 3.63) is 34.6 Å². The summed E-state index contributed by atoms with van der Waals surface area (Å²) in [6.45, 7) is 2.81. The molecule has 4 heteroatoms. The highest BCUT2D eigenvalue weighted by molar-refractivity contribution is 5.94. The van der Waals surface area contributed by atoms with Crippen molar-refractivity contribution in [2.45, 2.75) is 26.7 Å². The molecule has 0 N–H and O–H groups in total. The lowest BCUT2D eigenvalue weighted by Gasteiger charge is -2.08. The highest BCUT2D eigenvalue weighted by atomic mass is 19.3. The highest BCUT2D eigenvalue weighted by Crippen LogP contribution is 2.25. The van der Waals surface area contributed by atoms with Crippen LogP contribution in [0.25, 0.3) is 0 Å². The van der Waals surface area contributed by atoms with E-state index in [1.165, 1.54) is 0 Å². The summed E-state index contributed by atoms with van der Waals surface area (Å²) in [6.07, 6.45) is -2.40. The zero-order valence-corrected chi connectivity index (χ0v) is 8.48. The molecule has 0 bridgehead atoms. The number of Topliss-reactive ketones (excluding diaryl/α,β-unsaturated/α-hetero) is 1. The third-order valence-electron chi connectivity index (χ3n) is 2.18. The van der Waals surface area contributed by atoms with Crippen LogP contribution in [0.4, 0.5) is 13.2 Å². The monoisotopic (exact) mass is 216 g/mol. The fourth-order valence-corrected chi connectivity index (χ4v) is 1.35. The zero-order valence-electron chi connectivity index (χ0n) is 8.48. The molecule has 0 fully saturated rings. The Morgan fingerprint density at radius 2 is 2.00 bits per heavy atom. The summed E-state index contributed by atoms with van der Waals surface area (Å²) >= 11 is 0. The van der Waals surface area contributed by atoms with Gasteiger partial charge < -0.3 is 0 Å². The number of carbonyl (C=O) groups is 1. The third-order valence-corrected chi connectivity index (χ3v) is 2.18. The number of hydrogen-bond acceptors (Lipinski definition) is 1. The molecule has 0 aliphatic carbocycles. The number of ketones is 1. The molecule has 0 saturated heterocycles. The average molecular weight is 216 g/mol. The van der Waals surface area contributed by atoms with E-state index in [4.69, 9.17) is 0 Å². The van der Waals surface area contributed by atoms with Crippen LogP contribution in [0.2, 0.25) is 0 Å². The summed E-state index contributed by atoms with van der Waals surface area (Å²) in [7, 11) is 0. The van der Waals surface area contributed by atoms with Crippen LogP contribution >= 0.6 is 0 Å². The number of rotatable bonds is 3. The molecule has 0 radical (unpaired) electrons. The molecule has 0 saturated carbocycles. The minimum atomic E-state index is -2.69. The molecule has 1 aromatic carbocycles. The van der Waals surface area contributed by atoms with E-state index in [-0.39, 0.29) is 23.1 Å². The van der Waals surface area contributed by atoms with Crippen LogP contribution in [0.15, 0.2) is 12.1 Å². The second-order valence-corrected chi connectivity index (χ2v) is 3.25. The first-order valence-electron chi connectivity index (χ1n) is 4.58. The second kappa shape index (κ2) is 4.47. The van der Waals surface area contributed by atoms with E-state index in [2.05, 4.69) is 0 Å². The first-order valence-corrected chi connectivity index (χ1v) is 4.58. The molecule has 0 aliphatic heterocycles. The maximum absolute atomic E-state index is 13.5. The van der Waals surface area contributed by atoms with Gasteiger partial charge in [-0.05, 0) is 31.0 Å². The number of hydrogen-bond donors (Lipinski definition) is 0. The van der Waals surface area contributed by atoms with Crippen molar-refractivity contribution >= 4 is 5.78 Å². The molecule has 0 unspecified atom stereocenters. The van der Waals surface area contributed by atoms with Crippen LogP contribution in [-0.4, -0.2) is 5.78 Å². The molecule has 82 valence electrons. The summed E-state index contributed by atoms with van der Waals surface area (Å²) in [4.78, 5) is 11.0. The van der Waals surface area contributed by atoms with Crippen LogP contribution in [0, 0.1) is 5.82 Å². The molecule has 0 spiro atoms. The Morgan fingerprint density at radius 1 is 1.40 bits per heavy atom. The topological polar surface area (TPSA) is 17.1 Å². The van der Waals surface area contributed by atoms with Crippen molar-refractivity contribution in [2.24, 2.45) is 0 Å². The summed E-state index contributed by atoms with van der Waals surface area (Å²) in [5.74, 6) is -1.22.